The number of aromatic nitrogens is 3. The second kappa shape index (κ2) is 7.47. The average Bonchev–Trinajstić information content (AvgIpc) is 3.11. The molecule has 1 saturated heterocycles. The standard InChI is InChI=1S/C18H24N4O2/c1-14(2)24-17-8-4-3-6-15(17)10-18(23)21-9-5-7-16(11-21)22-13-19-12-20-22/h3-4,6,8,12-14,16H,5,7,9-11H2,1-2H3/t16-/m1/s1. The number of nitrogens with zero attached hydrogens (tertiary/aromatic N) is 4. The van der Waals surface area contributed by atoms with Gasteiger partial charge in [-0.2, -0.15) is 5.10 Å². The molecule has 0 unspecified atom stereocenters. The number of rotatable bonds is 5. The molecule has 6 heteroatoms. The van der Waals surface area contributed by atoms with Crippen LogP contribution in [0.2, 0.25) is 0 Å². The van der Waals surface area contributed by atoms with Crippen molar-refractivity contribution in [2.75, 3.05) is 13.1 Å². The molecule has 128 valence electrons. The predicted molar refractivity (Wildman–Crippen MR) is 90.8 cm³/mol. The van der Waals surface area contributed by atoms with Crippen LogP contribution in [0.3, 0.4) is 0 Å². The number of hydrogen-bond acceptors (Lipinski definition) is 4. The molecule has 1 aromatic carbocycles. The third kappa shape index (κ3) is 3.93. The van der Waals surface area contributed by atoms with Gasteiger partial charge in [-0.25, -0.2) is 9.67 Å². The second-order valence-corrected chi connectivity index (χ2v) is 6.46. The van der Waals surface area contributed by atoms with Gasteiger partial charge in [-0.15, -0.1) is 0 Å². The van der Waals surface area contributed by atoms with Gasteiger partial charge in [0.25, 0.3) is 0 Å². The fraction of sp³-hybridized carbons (Fsp3) is 0.500. The first-order valence-electron chi connectivity index (χ1n) is 8.50. The summed E-state index contributed by atoms with van der Waals surface area (Å²) in [4.78, 5) is 18.7. The lowest BCUT2D eigenvalue weighted by atomic mass is 10.0. The molecule has 0 aliphatic carbocycles. The van der Waals surface area contributed by atoms with Crippen molar-refractivity contribution in [1.29, 1.82) is 0 Å². The molecule has 1 aromatic heterocycles. The van der Waals surface area contributed by atoms with Crippen molar-refractivity contribution < 1.29 is 9.53 Å². The lowest BCUT2D eigenvalue weighted by Crippen LogP contribution is -2.41. The Morgan fingerprint density at radius 2 is 2.21 bits per heavy atom. The van der Waals surface area contributed by atoms with Gasteiger partial charge in [0.05, 0.1) is 18.6 Å². The van der Waals surface area contributed by atoms with Crippen LogP contribution in [0.1, 0.15) is 38.3 Å². The van der Waals surface area contributed by atoms with Gasteiger partial charge in [-0.1, -0.05) is 18.2 Å². The summed E-state index contributed by atoms with van der Waals surface area (Å²) in [7, 11) is 0. The molecule has 0 saturated carbocycles. The number of amides is 1. The first kappa shape index (κ1) is 16.5. The summed E-state index contributed by atoms with van der Waals surface area (Å²) in [6.07, 6.45) is 5.74. The Hall–Kier alpha value is -2.37. The Labute approximate surface area is 142 Å². The van der Waals surface area contributed by atoms with Crippen LogP contribution in [0.5, 0.6) is 5.75 Å². The minimum atomic E-state index is 0.0907. The largest absolute Gasteiger partial charge is 0.491 e. The fourth-order valence-corrected chi connectivity index (χ4v) is 3.10. The van der Waals surface area contributed by atoms with Crippen molar-refractivity contribution in [3.8, 4) is 5.75 Å². The Morgan fingerprint density at radius 3 is 2.96 bits per heavy atom. The number of likely N-dealkylation sites (tertiary alicyclic amines) is 1. The summed E-state index contributed by atoms with van der Waals surface area (Å²) in [6, 6.07) is 8.00. The number of para-hydroxylation sites is 1. The quantitative estimate of drug-likeness (QED) is 0.846. The Balaban J connectivity index is 1.66. The van der Waals surface area contributed by atoms with Crippen LogP contribution in [-0.4, -0.2) is 44.8 Å². The van der Waals surface area contributed by atoms with Gasteiger partial charge in [0, 0.05) is 18.7 Å². The van der Waals surface area contributed by atoms with E-state index in [1.807, 2.05) is 47.7 Å². The molecule has 3 rings (SSSR count). The normalized spacial score (nSPS) is 18.0. The zero-order valence-electron chi connectivity index (χ0n) is 14.3. The molecule has 1 fully saturated rings. The minimum absolute atomic E-state index is 0.0907. The summed E-state index contributed by atoms with van der Waals surface area (Å²) >= 11 is 0. The van der Waals surface area contributed by atoms with E-state index in [2.05, 4.69) is 10.1 Å². The van der Waals surface area contributed by atoms with Crippen LogP contribution in [-0.2, 0) is 11.2 Å². The van der Waals surface area contributed by atoms with E-state index in [0.29, 0.717) is 13.0 Å². The van der Waals surface area contributed by atoms with Crippen LogP contribution in [0.4, 0.5) is 0 Å². The Morgan fingerprint density at radius 1 is 1.38 bits per heavy atom. The zero-order chi connectivity index (χ0) is 16.9. The van der Waals surface area contributed by atoms with Crippen molar-refractivity contribution in [2.24, 2.45) is 0 Å². The van der Waals surface area contributed by atoms with Crippen LogP contribution < -0.4 is 4.74 Å². The third-order valence-electron chi connectivity index (χ3n) is 4.24. The summed E-state index contributed by atoms with van der Waals surface area (Å²) in [5.74, 6) is 0.935. The summed E-state index contributed by atoms with van der Waals surface area (Å²) < 4.78 is 7.68. The molecule has 0 spiro atoms. The van der Waals surface area contributed by atoms with Gasteiger partial charge in [-0.05, 0) is 32.8 Å². The first-order valence-corrected chi connectivity index (χ1v) is 8.50. The topological polar surface area (TPSA) is 60.2 Å². The highest BCUT2D eigenvalue weighted by atomic mass is 16.5. The minimum Gasteiger partial charge on any atom is -0.491 e. The van der Waals surface area contributed by atoms with Crippen molar-refractivity contribution >= 4 is 5.91 Å². The van der Waals surface area contributed by atoms with Gasteiger partial charge in [0.1, 0.15) is 18.4 Å². The summed E-state index contributed by atoms with van der Waals surface area (Å²) in [5.41, 5.74) is 0.944. The number of ether oxygens (including phenoxy) is 1. The van der Waals surface area contributed by atoms with Gasteiger partial charge in [0.15, 0.2) is 0 Å². The number of benzene rings is 1. The second-order valence-electron chi connectivity index (χ2n) is 6.46. The van der Waals surface area contributed by atoms with Crippen molar-refractivity contribution in [1.82, 2.24) is 19.7 Å². The fourth-order valence-electron chi connectivity index (χ4n) is 3.10. The highest BCUT2D eigenvalue weighted by molar-refractivity contribution is 5.79. The van der Waals surface area contributed by atoms with E-state index in [1.54, 1.807) is 12.7 Å². The Kier molecular flexibility index (Phi) is 5.13. The highest BCUT2D eigenvalue weighted by Crippen LogP contribution is 2.24. The van der Waals surface area contributed by atoms with Gasteiger partial charge >= 0.3 is 0 Å². The highest BCUT2D eigenvalue weighted by Gasteiger charge is 2.25. The van der Waals surface area contributed by atoms with Crippen LogP contribution in [0.25, 0.3) is 0 Å². The van der Waals surface area contributed by atoms with Crippen LogP contribution in [0, 0.1) is 0 Å². The molecule has 1 amide bonds. The maximum atomic E-state index is 12.7. The maximum absolute atomic E-state index is 12.7. The van der Waals surface area contributed by atoms with Crippen LogP contribution >= 0.6 is 0 Å². The first-order chi connectivity index (χ1) is 11.6. The lowest BCUT2D eigenvalue weighted by molar-refractivity contribution is -0.132. The molecule has 1 aliphatic rings. The number of hydrogen-bond donors (Lipinski definition) is 0. The van der Waals surface area contributed by atoms with Gasteiger partial charge < -0.3 is 9.64 Å². The summed E-state index contributed by atoms with van der Waals surface area (Å²) in [5, 5.41) is 4.21. The van der Waals surface area contributed by atoms with E-state index in [-0.39, 0.29) is 18.1 Å². The van der Waals surface area contributed by atoms with Crippen molar-refractivity contribution in [3.63, 3.8) is 0 Å². The van der Waals surface area contributed by atoms with Gasteiger partial charge in [-0.3, -0.25) is 4.79 Å². The van der Waals surface area contributed by atoms with E-state index in [4.69, 9.17) is 4.74 Å². The molecule has 0 bridgehead atoms. The predicted octanol–water partition coefficient (Wildman–Crippen LogP) is 2.47. The molecule has 1 atom stereocenters. The molecule has 0 radical (unpaired) electrons. The number of carbonyl (C=O) groups excluding carboxylic acids is 1. The zero-order valence-corrected chi connectivity index (χ0v) is 14.3. The van der Waals surface area contributed by atoms with Crippen molar-refractivity contribution in [2.45, 2.75) is 45.3 Å². The monoisotopic (exact) mass is 328 g/mol. The third-order valence-corrected chi connectivity index (χ3v) is 4.24. The van der Waals surface area contributed by atoms with E-state index < -0.39 is 0 Å². The number of carbonyl (C=O) groups is 1. The lowest BCUT2D eigenvalue weighted by Gasteiger charge is -2.32. The van der Waals surface area contributed by atoms with E-state index in [1.165, 1.54) is 0 Å². The average molecular weight is 328 g/mol. The van der Waals surface area contributed by atoms with E-state index in [9.17, 15) is 4.79 Å². The Bertz CT molecular complexity index is 669. The van der Waals surface area contributed by atoms with E-state index >= 15 is 0 Å². The van der Waals surface area contributed by atoms with Crippen LogP contribution in [0.15, 0.2) is 36.9 Å². The molecule has 1 aliphatic heterocycles. The van der Waals surface area contributed by atoms with E-state index in [0.717, 1.165) is 30.7 Å². The molecule has 24 heavy (non-hydrogen) atoms. The molecular weight excluding hydrogens is 304 g/mol. The van der Waals surface area contributed by atoms with Gasteiger partial charge in [0.2, 0.25) is 5.91 Å². The molecular formula is C18H24N4O2. The molecule has 6 nitrogen and oxygen atoms in total. The molecule has 2 heterocycles. The smallest absolute Gasteiger partial charge is 0.227 e. The molecule has 2 aromatic rings. The SMILES string of the molecule is CC(C)Oc1ccccc1CC(=O)N1CCC[C@@H](n2cncn2)C1. The summed E-state index contributed by atoms with van der Waals surface area (Å²) in [6.45, 7) is 5.48. The maximum Gasteiger partial charge on any atom is 0.227 e. The van der Waals surface area contributed by atoms with Crippen molar-refractivity contribution in [3.05, 3.63) is 42.5 Å². The number of piperidine rings is 1. The molecule has 0 N–H and O–H groups in total.